The van der Waals surface area contributed by atoms with Crippen LogP contribution in [0.25, 0.3) is 11.3 Å². The fraction of sp³-hybridized carbons (Fsp3) is 0.261. The molecule has 2 aromatic heterocycles. The van der Waals surface area contributed by atoms with Gasteiger partial charge in [0.05, 0.1) is 17.4 Å². The van der Waals surface area contributed by atoms with Crippen molar-refractivity contribution in [3.05, 3.63) is 59.9 Å². The molecular formula is C23H20ClF2N5O3. The summed E-state index contributed by atoms with van der Waals surface area (Å²) in [6, 6.07) is 12.6. The number of nitriles is 1. The van der Waals surface area contributed by atoms with Crippen LogP contribution in [0.5, 0.6) is 5.75 Å². The third-order valence-electron chi connectivity index (χ3n) is 5.45. The van der Waals surface area contributed by atoms with Crippen LogP contribution >= 0.6 is 11.6 Å². The summed E-state index contributed by atoms with van der Waals surface area (Å²) in [5.41, 5.74) is -1.44. The molecule has 0 radical (unpaired) electrons. The van der Waals surface area contributed by atoms with Gasteiger partial charge in [-0.1, -0.05) is 0 Å². The minimum absolute atomic E-state index is 0.156. The number of amides is 1. The third-order valence-corrected chi connectivity index (χ3v) is 5.53. The van der Waals surface area contributed by atoms with Gasteiger partial charge in [0.2, 0.25) is 0 Å². The number of aliphatic hydroxyl groups is 1. The van der Waals surface area contributed by atoms with Crippen LogP contribution in [0.3, 0.4) is 0 Å². The molecule has 1 unspecified atom stereocenters. The van der Waals surface area contributed by atoms with Crippen molar-refractivity contribution in [2.45, 2.75) is 18.1 Å². The van der Waals surface area contributed by atoms with Crippen LogP contribution in [0.1, 0.15) is 22.5 Å². The summed E-state index contributed by atoms with van der Waals surface area (Å²) in [5, 5.41) is 22.0. The number of anilines is 2. The molecular weight excluding hydrogens is 468 g/mol. The predicted molar refractivity (Wildman–Crippen MR) is 122 cm³/mol. The number of nitrogens with one attached hydrogen (secondary N) is 1. The van der Waals surface area contributed by atoms with E-state index >= 15 is 0 Å². The highest BCUT2D eigenvalue weighted by molar-refractivity contribution is 6.20. The van der Waals surface area contributed by atoms with Gasteiger partial charge in [0.15, 0.2) is 0 Å². The van der Waals surface area contributed by atoms with Gasteiger partial charge in [-0.25, -0.2) is 4.98 Å². The fourth-order valence-corrected chi connectivity index (χ4v) is 3.88. The lowest BCUT2D eigenvalue weighted by Crippen LogP contribution is -2.24. The van der Waals surface area contributed by atoms with E-state index in [9.17, 15) is 23.9 Å². The molecule has 176 valence electrons. The largest absolute Gasteiger partial charge is 0.487 e. The van der Waals surface area contributed by atoms with Crippen LogP contribution in [-0.4, -0.2) is 45.3 Å². The molecule has 0 bridgehead atoms. The Balaban J connectivity index is 1.63. The van der Waals surface area contributed by atoms with Crippen LogP contribution in [0.2, 0.25) is 0 Å². The molecule has 0 saturated carbocycles. The Morgan fingerprint density at radius 3 is 2.65 bits per heavy atom. The first-order valence-electron chi connectivity index (χ1n) is 10.3. The molecule has 11 heteroatoms. The average molecular weight is 488 g/mol. The molecule has 4 rings (SSSR count). The highest BCUT2D eigenvalue weighted by Crippen LogP contribution is 2.33. The highest BCUT2D eigenvalue weighted by atomic mass is 35.5. The zero-order chi connectivity index (χ0) is 24.5. The van der Waals surface area contributed by atoms with Crippen LogP contribution in [0.4, 0.5) is 20.3 Å². The fourth-order valence-electron chi connectivity index (χ4n) is 3.79. The Labute approximate surface area is 199 Å². The summed E-state index contributed by atoms with van der Waals surface area (Å²) in [5.74, 6) is -0.0220. The Hall–Kier alpha value is -3.68. The number of pyridine rings is 1. The molecule has 1 atom stereocenters. The van der Waals surface area contributed by atoms with Gasteiger partial charge in [0.25, 0.3) is 5.91 Å². The lowest BCUT2D eigenvalue weighted by Gasteiger charge is -2.21. The molecule has 2 N–H and O–H groups in total. The van der Waals surface area contributed by atoms with E-state index in [4.69, 9.17) is 11.6 Å². The number of halogens is 3. The average Bonchev–Trinajstić information content (AvgIpc) is 3.38. The minimum Gasteiger partial charge on any atom is -0.420 e. The standard InChI is InChI=1S/C23H20ClF2N5O3/c1-30-16(11-27)4-7-20(30)19-10-14(12-28-21(19)31-9-8-17(32)13-31)22(33)29-15-2-5-18(6-3-15)34-23(24,25)26/h2-7,10,12,17,32H,8-9,13H2,1H3,(H,29,33). The zero-order valence-electron chi connectivity index (χ0n) is 18.0. The second kappa shape index (κ2) is 9.29. The highest BCUT2D eigenvalue weighted by Gasteiger charge is 2.28. The number of aromatic nitrogens is 2. The number of aliphatic hydroxyl groups excluding tert-OH is 1. The van der Waals surface area contributed by atoms with E-state index in [0.29, 0.717) is 48.0 Å². The Morgan fingerprint density at radius 1 is 1.32 bits per heavy atom. The monoisotopic (exact) mass is 487 g/mol. The van der Waals surface area contributed by atoms with Crippen LogP contribution in [0, 0.1) is 11.3 Å². The number of alkyl halides is 3. The summed E-state index contributed by atoms with van der Waals surface area (Å²) in [7, 11) is 1.75. The first kappa shape index (κ1) is 23.5. The summed E-state index contributed by atoms with van der Waals surface area (Å²) in [4.78, 5) is 19.3. The number of β-amino-alcohol motifs (C(OH)–C–C–N with tert-alkyl or cyclic N) is 1. The van der Waals surface area contributed by atoms with E-state index in [1.165, 1.54) is 30.5 Å². The number of hydrogen-bond donors (Lipinski definition) is 2. The number of ether oxygens (including phenoxy) is 1. The summed E-state index contributed by atoms with van der Waals surface area (Å²) in [6.45, 7) is 1.02. The predicted octanol–water partition coefficient (Wildman–Crippen LogP) is 3.95. The maximum atomic E-state index is 12.9. The summed E-state index contributed by atoms with van der Waals surface area (Å²) in [6.07, 6.45) is 1.57. The van der Waals surface area contributed by atoms with Gasteiger partial charge < -0.3 is 24.6 Å². The van der Waals surface area contributed by atoms with Crippen LogP contribution in [0.15, 0.2) is 48.7 Å². The van der Waals surface area contributed by atoms with Crippen molar-refractivity contribution in [3.8, 4) is 23.1 Å². The lowest BCUT2D eigenvalue weighted by atomic mass is 10.1. The first-order valence-corrected chi connectivity index (χ1v) is 10.7. The zero-order valence-corrected chi connectivity index (χ0v) is 18.8. The van der Waals surface area contributed by atoms with Crippen molar-refractivity contribution in [1.82, 2.24) is 9.55 Å². The molecule has 1 aliphatic heterocycles. The van der Waals surface area contributed by atoms with Gasteiger partial charge in [0.1, 0.15) is 23.3 Å². The SMILES string of the molecule is Cn1c(C#N)ccc1-c1cc(C(=O)Nc2ccc(OC(F)(F)Cl)cc2)cnc1N1CCC(O)C1. The van der Waals surface area contributed by atoms with Crippen molar-refractivity contribution < 1.29 is 23.4 Å². The number of carbonyl (C=O) groups excluding carboxylic acids is 1. The Kier molecular flexibility index (Phi) is 6.41. The molecule has 34 heavy (non-hydrogen) atoms. The van der Waals surface area contributed by atoms with Gasteiger partial charge in [0, 0.05) is 49.2 Å². The normalized spacial score (nSPS) is 15.8. The van der Waals surface area contributed by atoms with Crippen molar-refractivity contribution in [2.24, 2.45) is 7.05 Å². The number of benzene rings is 1. The maximum absolute atomic E-state index is 12.9. The number of rotatable bonds is 6. The van der Waals surface area contributed by atoms with E-state index < -0.39 is 17.6 Å². The summed E-state index contributed by atoms with van der Waals surface area (Å²) < 4.78 is 31.5. The van der Waals surface area contributed by atoms with Gasteiger partial charge >= 0.3 is 5.57 Å². The second-order valence-corrected chi connectivity index (χ2v) is 8.22. The van der Waals surface area contributed by atoms with E-state index in [1.807, 2.05) is 4.90 Å². The summed E-state index contributed by atoms with van der Waals surface area (Å²) >= 11 is 4.76. The molecule has 1 aromatic carbocycles. The van der Waals surface area contributed by atoms with Gasteiger partial charge in [-0.2, -0.15) is 5.26 Å². The molecule has 8 nitrogen and oxygen atoms in total. The minimum atomic E-state index is -3.83. The van der Waals surface area contributed by atoms with Crippen LogP contribution < -0.4 is 15.0 Å². The Bertz CT molecular complexity index is 1250. The number of nitrogens with zero attached hydrogens (tertiary/aromatic N) is 4. The third kappa shape index (κ3) is 5.11. The smallest absolute Gasteiger partial charge is 0.420 e. The quantitative estimate of drug-likeness (QED) is 0.510. The molecule has 3 aromatic rings. The number of carbonyl (C=O) groups is 1. The molecule has 0 aliphatic carbocycles. The lowest BCUT2D eigenvalue weighted by molar-refractivity contribution is -0.0964. The maximum Gasteiger partial charge on any atom is 0.487 e. The van der Waals surface area contributed by atoms with E-state index in [0.717, 1.165) is 0 Å². The van der Waals surface area contributed by atoms with Gasteiger partial charge in [-0.05, 0) is 48.9 Å². The molecule has 1 amide bonds. The van der Waals surface area contributed by atoms with Crippen molar-refractivity contribution in [3.63, 3.8) is 0 Å². The first-order chi connectivity index (χ1) is 16.1. The second-order valence-electron chi connectivity index (χ2n) is 7.78. The van der Waals surface area contributed by atoms with Gasteiger partial charge in [-0.3, -0.25) is 4.79 Å². The number of hydrogen-bond acceptors (Lipinski definition) is 6. The van der Waals surface area contributed by atoms with Crippen molar-refractivity contribution >= 4 is 29.0 Å². The molecule has 1 aliphatic rings. The van der Waals surface area contributed by atoms with Crippen molar-refractivity contribution in [2.75, 3.05) is 23.3 Å². The molecule has 3 heterocycles. The van der Waals surface area contributed by atoms with E-state index in [2.05, 4.69) is 21.1 Å². The van der Waals surface area contributed by atoms with E-state index in [-0.39, 0.29) is 11.3 Å². The molecule has 1 saturated heterocycles. The Morgan fingerprint density at radius 2 is 2.06 bits per heavy atom. The molecule has 1 fully saturated rings. The van der Waals surface area contributed by atoms with Crippen LogP contribution in [-0.2, 0) is 7.05 Å². The topological polar surface area (TPSA) is 103 Å². The molecule has 0 spiro atoms. The van der Waals surface area contributed by atoms with Crippen molar-refractivity contribution in [1.29, 1.82) is 5.26 Å². The van der Waals surface area contributed by atoms with Gasteiger partial charge in [-0.15, -0.1) is 8.78 Å². The van der Waals surface area contributed by atoms with E-state index in [1.54, 1.807) is 29.8 Å².